The van der Waals surface area contributed by atoms with E-state index >= 15 is 0 Å². The maximum absolute atomic E-state index is 13.8. The Hall–Kier alpha value is -2.23. The summed E-state index contributed by atoms with van der Waals surface area (Å²) in [6.45, 7) is 2.35. The number of ether oxygens (including phenoxy) is 2. The summed E-state index contributed by atoms with van der Waals surface area (Å²) < 4.78 is 25.5. The first-order valence-corrected chi connectivity index (χ1v) is 10.5. The lowest BCUT2D eigenvalue weighted by molar-refractivity contribution is -0.121. The van der Waals surface area contributed by atoms with Gasteiger partial charge in [0.05, 0.1) is 22.1 Å². The molecule has 0 aromatic heterocycles. The minimum Gasteiger partial charge on any atom is -0.493 e. The van der Waals surface area contributed by atoms with Crippen LogP contribution in [0.3, 0.4) is 0 Å². The lowest BCUT2D eigenvalue weighted by atomic mass is 10.1. The average Bonchev–Trinajstić information content (AvgIpc) is 2.96. The zero-order chi connectivity index (χ0) is 21.1. The fraction of sp³-hybridized carbons (Fsp3) is 0.150. The van der Waals surface area contributed by atoms with Crippen molar-refractivity contribution in [2.24, 2.45) is 0 Å². The predicted molar refractivity (Wildman–Crippen MR) is 118 cm³/mol. The largest absolute Gasteiger partial charge is 0.493 e. The Labute approximate surface area is 185 Å². The zero-order valence-corrected chi connectivity index (χ0v) is 18.6. The molecule has 1 amide bonds. The van der Waals surface area contributed by atoms with Gasteiger partial charge < -0.3 is 9.47 Å². The first-order valence-electron chi connectivity index (χ1n) is 8.45. The van der Waals surface area contributed by atoms with Crippen LogP contribution in [0, 0.1) is 5.82 Å². The summed E-state index contributed by atoms with van der Waals surface area (Å²) in [5.74, 6) is -1.33. The van der Waals surface area contributed by atoms with Crippen molar-refractivity contribution in [2.75, 3.05) is 13.7 Å². The van der Waals surface area contributed by atoms with Gasteiger partial charge in [-0.15, -0.1) is 0 Å². The van der Waals surface area contributed by atoms with Crippen molar-refractivity contribution in [1.82, 2.24) is 4.90 Å². The van der Waals surface area contributed by atoms with E-state index in [9.17, 15) is 14.0 Å². The lowest BCUT2D eigenvalue weighted by Crippen LogP contribution is -2.27. The summed E-state index contributed by atoms with van der Waals surface area (Å²) in [5, 5.41) is 0. The molecule has 9 heteroatoms. The fourth-order valence-electron chi connectivity index (χ4n) is 2.62. The summed E-state index contributed by atoms with van der Waals surface area (Å²) in [6.07, 6.45) is 1.69. The predicted octanol–water partition coefficient (Wildman–Crippen LogP) is 5.04. The van der Waals surface area contributed by atoms with Crippen LogP contribution < -0.4 is 9.47 Å². The van der Waals surface area contributed by atoms with Crippen molar-refractivity contribution in [3.8, 4) is 11.5 Å². The molecule has 0 radical (unpaired) electrons. The topological polar surface area (TPSA) is 55.8 Å². The van der Waals surface area contributed by atoms with Gasteiger partial charge in [0.1, 0.15) is 10.1 Å². The molecule has 0 spiro atoms. The molecule has 150 valence electrons. The van der Waals surface area contributed by atoms with E-state index in [1.807, 2.05) is 6.92 Å². The van der Waals surface area contributed by atoms with Crippen LogP contribution in [0.2, 0.25) is 0 Å². The molecule has 1 aliphatic rings. The number of hydrogen-bond acceptors (Lipinski definition) is 6. The van der Waals surface area contributed by atoms with Crippen LogP contribution in [0.25, 0.3) is 6.08 Å². The summed E-state index contributed by atoms with van der Waals surface area (Å²) in [6, 6.07) is 8.83. The highest BCUT2D eigenvalue weighted by Crippen LogP contribution is 2.39. The van der Waals surface area contributed by atoms with Crippen LogP contribution in [0.15, 0.2) is 45.8 Å². The third kappa shape index (κ3) is 4.52. The van der Waals surface area contributed by atoms with E-state index in [2.05, 4.69) is 15.9 Å². The van der Waals surface area contributed by atoms with E-state index in [0.29, 0.717) is 25.8 Å². The van der Waals surface area contributed by atoms with E-state index in [1.54, 1.807) is 24.3 Å². The quantitative estimate of drug-likeness (QED) is 0.250. The molecule has 2 aromatic rings. The first kappa shape index (κ1) is 21.5. The van der Waals surface area contributed by atoms with Crippen LogP contribution in [0.5, 0.6) is 11.5 Å². The van der Waals surface area contributed by atoms with Crippen molar-refractivity contribution in [3.05, 3.63) is 62.7 Å². The Morgan fingerprint density at radius 3 is 2.69 bits per heavy atom. The highest BCUT2D eigenvalue weighted by Gasteiger charge is 2.30. The van der Waals surface area contributed by atoms with Gasteiger partial charge in [-0.2, -0.15) is 0 Å². The number of methoxy groups -OCH3 is 1. The molecular formula is C20H15BrFNO4S2. The summed E-state index contributed by atoms with van der Waals surface area (Å²) >= 11 is 9.79. The van der Waals surface area contributed by atoms with E-state index in [0.717, 1.165) is 0 Å². The Bertz CT molecular complexity index is 1040. The van der Waals surface area contributed by atoms with E-state index in [1.165, 1.54) is 42.0 Å². The van der Waals surface area contributed by atoms with Crippen molar-refractivity contribution in [1.29, 1.82) is 0 Å². The van der Waals surface area contributed by atoms with Crippen molar-refractivity contribution in [3.63, 3.8) is 0 Å². The molecule has 1 heterocycles. The van der Waals surface area contributed by atoms with Gasteiger partial charge in [0.25, 0.3) is 5.91 Å². The normalized spacial score (nSPS) is 15.2. The molecule has 1 saturated heterocycles. The number of likely N-dealkylation sites (N-methyl/N-ethyl adjacent to an activating group) is 1. The van der Waals surface area contributed by atoms with Crippen molar-refractivity contribution >= 4 is 62.2 Å². The minimum absolute atomic E-state index is 0.110. The second-order valence-corrected chi connectivity index (χ2v) is 8.36. The van der Waals surface area contributed by atoms with E-state index < -0.39 is 11.8 Å². The lowest BCUT2D eigenvalue weighted by Gasteiger charge is -2.13. The van der Waals surface area contributed by atoms with E-state index in [-0.39, 0.29) is 23.0 Å². The van der Waals surface area contributed by atoms with Gasteiger partial charge in [-0.3, -0.25) is 9.69 Å². The van der Waals surface area contributed by atoms with Crippen LogP contribution in [0.1, 0.15) is 22.8 Å². The van der Waals surface area contributed by atoms with Gasteiger partial charge >= 0.3 is 5.97 Å². The number of amides is 1. The number of carbonyl (C=O) groups excluding carboxylic acids is 2. The molecule has 1 aliphatic heterocycles. The van der Waals surface area contributed by atoms with Gasteiger partial charge in [-0.05, 0) is 58.8 Å². The number of esters is 1. The Morgan fingerprint density at radius 1 is 1.34 bits per heavy atom. The van der Waals surface area contributed by atoms with Gasteiger partial charge in [0, 0.05) is 6.54 Å². The van der Waals surface area contributed by atoms with Gasteiger partial charge in [-0.25, -0.2) is 9.18 Å². The van der Waals surface area contributed by atoms with Crippen molar-refractivity contribution < 1.29 is 23.5 Å². The maximum Gasteiger partial charge on any atom is 0.346 e. The fourth-order valence-corrected chi connectivity index (χ4v) is 4.55. The Balaban J connectivity index is 1.92. The molecule has 0 bridgehead atoms. The zero-order valence-electron chi connectivity index (χ0n) is 15.4. The number of thiocarbonyl (C=S) groups is 1. The van der Waals surface area contributed by atoms with Crippen LogP contribution >= 0.6 is 39.9 Å². The SMILES string of the molecule is CCN1C(=O)C(=Cc2cc(Br)c(OC(=O)c3ccccc3F)c(OC)c2)SC1=S. The monoisotopic (exact) mass is 495 g/mol. The minimum atomic E-state index is -0.848. The first-order chi connectivity index (χ1) is 13.8. The number of benzene rings is 2. The summed E-state index contributed by atoms with van der Waals surface area (Å²) in [7, 11) is 1.42. The molecule has 0 N–H and O–H groups in total. The van der Waals surface area contributed by atoms with Crippen LogP contribution in [-0.2, 0) is 4.79 Å². The Morgan fingerprint density at radius 2 is 2.07 bits per heavy atom. The molecule has 0 aliphatic carbocycles. The molecule has 29 heavy (non-hydrogen) atoms. The number of rotatable bonds is 5. The summed E-state index contributed by atoms with van der Waals surface area (Å²) in [4.78, 5) is 26.7. The van der Waals surface area contributed by atoms with E-state index in [4.69, 9.17) is 21.7 Å². The number of thioether (sulfide) groups is 1. The highest BCUT2D eigenvalue weighted by molar-refractivity contribution is 9.10. The third-order valence-electron chi connectivity index (χ3n) is 4.03. The van der Waals surface area contributed by atoms with Gasteiger partial charge in [0.2, 0.25) is 0 Å². The molecule has 1 fully saturated rings. The second kappa shape index (κ2) is 9.06. The molecule has 5 nitrogen and oxygen atoms in total. The van der Waals surface area contributed by atoms with Gasteiger partial charge in [-0.1, -0.05) is 36.1 Å². The van der Waals surface area contributed by atoms with Crippen molar-refractivity contribution in [2.45, 2.75) is 6.92 Å². The third-order valence-corrected chi connectivity index (χ3v) is 5.99. The summed E-state index contributed by atoms with van der Waals surface area (Å²) in [5.41, 5.74) is 0.463. The molecule has 3 rings (SSSR count). The number of hydrogen-bond donors (Lipinski definition) is 0. The van der Waals surface area contributed by atoms with Gasteiger partial charge in [0.15, 0.2) is 11.5 Å². The number of nitrogens with zero attached hydrogens (tertiary/aromatic N) is 1. The average molecular weight is 496 g/mol. The second-order valence-electron chi connectivity index (χ2n) is 5.83. The number of halogens is 2. The molecule has 0 unspecified atom stereocenters. The standard InChI is InChI=1S/C20H15BrFNO4S2/c1-3-23-18(24)16(29-20(23)28)10-11-8-13(21)17(15(9-11)26-2)27-19(25)12-6-4-5-7-14(12)22/h4-10H,3H2,1-2H3. The molecule has 0 saturated carbocycles. The van der Waals surface area contributed by atoms with Crippen LogP contribution in [0.4, 0.5) is 4.39 Å². The molecule has 0 atom stereocenters. The van der Waals surface area contributed by atoms with Crippen LogP contribution in [-0.4, -0.2) is 34.8 Å². The maximum atomic E-state index is 13.8. The molecular weight excluding hydrogens is 481 g/mol. The number of carbonyl (C=O) groups is 2. The Kier molecular flexibility index (Phi) is 6.71. The smallest absolute Gasteiger partial charge is 0.346 e. The highest BCUT2D eigenvalue weighted by atomic mass is 79.9. The molecule has 2 aromatic carbocycles.